The van der Waals surface area contributed by atoms with Gasteiger partial charge in [0, 0.05) is 5.92 Å². The fourth-order valence-corrected chi connectivity index (χ4v) is 4.00. The van der Waals surface area contributed by atoms with Gasteiger partial charge in [-0.2, -0.15) is 0 Å². The zero-order valence-corrected chi connectivity index (χ0v) is 20.3. The minimum Gasteiger partial charge on any atom is -0.480 e. The van der Waals surface area contributed by atoms with Crippen molar-refractivity contribution in [3.05, 3.63) is 59.7 Å². The summed E-state index contributed by atoms with van der Waals surface area (Å²) < 4.78 is 10.7. The molecule has 0 saturated carbocycles. The van der Waals surface area contributed by atoms with Crippen molar-refractivity contribution in [3.8, 4) is 11.1 Å². The van der Waals surface area contributed by atoms with Crippen LogP contribution in [0.1, 0.15) is 44.2 Å². The largest absolute Gasteiger partial charge is 0.480 e. The van der Waals surface area contributed by atoms with Gasteiger partial charge in [0.2, 0.25) is 5.91 Å². The predicted molar refractivity (Wildman–Crippen MR) is 129 cm³/mol. The maximum absolute atomic E-state index is 12.7. The first-order valence-electron chi connectivity index (χ1n) is 11.5. The van der Waals surface area contributed by atoms with Gasteiger partial charge in [-0.05, 0) is 43.0 Å². The number of ether oxygens (including phenoxy) is 2. The third-order valence-electron chi connectivity index (χ3n) is 5.54. The van der Waals surface area contributed by atoms with Crippen molar-refractivity contribution in [1.82, 2.24) is 10.6 Å². The highest BCUT2D eigenvalue weighted by Gasteiger charge is 2.32. The van der Waals surface area contributed by atoms with E-state index >= 15 is 0 Å². The Morgan fingerprint density at radius 1 is 0.917 bits per heavy atom. The molecule has 4 N–H and O–H groups in total. The topological polar surface area (TPSA) is 151 Å². The normalized spacial score (nSPS) is 14.1. The number of aliphatic hydroxyl groups excluding tert-OH is 1. The second kappa shape index (κ2) is 11.2. The lowest BCUT2D eigenvalue weighted by Crippen LogP contribution is -2.53. The van der Waals surface area contributed by atoms with Gasteiger partial charge in [0.1, 0.15) is 24.3 Å². The van der Waals surface area contributed by atoms with Crippen LogP contribution in [0.25, 0.3) is 11.1 Å². The van der Waals surface area contributed by atoms with Crippen molar-refractivity contribution in [2.24, 2.45) is 0 Å². The summed E-state index contributed by atoms with van der Waals surface area (Å²) in [5.74, 6) is -3.44. The van der Waals surface area contributed by atoms with E-state index in [1.165, 1.54) is 0 Å². The lowest BCUT2D eigenvalue weighted by molar-refractivity contribution is -0.156. The Labute approximate surface area is 208 Å². The Hall–Kier alpha value is -3.92. The van der Waals surface area contributed by atoms with E-state index in [1.807, 2.05) is 48.5 Å². The fraction of sp³-hybridized carbons (Fsp3) is 0.385. The van der Waals surface area contributed by atoms with Crippen LogP contribution in [-0.2, 0) is 23.9 Å². The van der Waals surface area contributed by atoms with E-state index in [9.17, 15) is 24.3 Å². The van der Waals surface area contributed by atoms with Crippen LogP contribution >= 0.6 is 0 Å². The maximum Gasteiger partial charge on any atom is 0.407 e. The first-order valence-corrected chi connectivity index (χ1v) is 11.5. The Balaban J connectivity index is 1.71. The summed E-state index contributed by atoms with van der Waals surface area (Å²) in [6.45, 7) is 4.04. The molecule has 2 amide bonds. The Morgan fingerprint density at radius 2 is 1.47 bits per heavy atom. The van der Waals surface area contributed by atoms with Crippen LogP contribution in [0, 0.1) is 0 Å². The third-order valence-corrected chi connectivity index (χ3v) is 5.54. The number of carboxylic acid groups (broad SMARTS) is 1. The Kier molecular flexibility index (Phi) is 8.31. The molecule has 2 atom stereocenters. The lowest BCUT2D eigenvalue weighted by atomic mass is 9.98. The first kappa shape index (κ1) is 26.7. The number of carboxylic acids is 1. The molecule has 0 unspecified atom stereocenters. The first-order chi connectivity index (χ1) is 17.0. The van der Waals surface area contributed by atoms with E-state index in [1.54, 1.807) is 20.8 Å². The molecule has 1 aliphatic carbocycles. The molecule has 0 fully saturated rings. The van der Waals surface area contributed by atoms with Gasteiger partial charge in [-0.25, -0.2) is 9.59 Å². The number of esters is 1. The summed E-state index contributed by atoms with van der Waals surface area (Å²) in [6, 6.07) is 12.5. The summed E-state index contributed by atoms with van der Waals surface area (Å²) in [5.41, 5.74) is 3.26. The molecule has 0 heterocycles. The smallest absolute Gasteiger partial charge is 0.407 e. The van der Waals surface area contributed by atoms with E-state index in [0.717, 1.165) is 22.3 Å². The van der Waals surface area contributed by atoms with Crippen LogP contribution < -0.4 is 10.6 Å². The average molecular weight is 499 g/mol. The van der Waals surface area contributed by atoms with Gasteiger partial charge in [0.15, 0.2) is 0 Å². The molecular formula is C26H30N2O8. The standard InChI is InChI=1S/C26H30N2O8/c1-26(2,3)36-22(30)12-20(23(31)27-21(13-29)24(32)33)28-25(34)35-14-19-17-10-6-4-8-15(17)16-9-5-7-11-18(16)19/h4-11,19-21,29H,12-14H2,1-3H3,(H,27,31)(H,28,34)(H,32,33)/t20-,21-/m0/s1. The predicted octanol–water partition coefficient (Wildman–Crippen LogP) is 2.19. The van der Waals surface area contributed by atoms with Crippen molar-refractivity contribution in [2.75, 3.05) is 13.2 Å². The summed E-state index contributed by atoms with van der Waals surface area (Å²) in [7, 11) is 0. The monoisotopic (exact) mass is 498 g/mol. The van der Waals surface area contributed by atoms with Gasteiger partial charge in [0.05, 0.1) is 13.0 Å². The van der Waals surface area contributed by atoms with Gasteiger partial charge < -0.3 is 30.3 Å². The van der Waals surface area contributed by atoms with Crippen molar-refractivity contribution >= 4 is 23.9 Å². The van der Waals surface area contributed by atoms with Gasteiger partial charge >= 0.3 is 18.0 Å². The molecule has 0 spiro atoms. The molecule has 0 aliphatic heterocycles. The van der Waals surface area contributed by atoms with Crippen LogP contribution in [0.3, 0.4) is 0 Å². The molecule has 3 rings (SSSR count). The number of hydrogen-bond donors (Lipinski definition) is 4. The Morgan fingerprint density at radius 3 is 1.97 bits per heavy atom. The SMILES string of the molecule is CC(C)(C)OC(=O)C[C@H](NC(=O)OCC1c2ccccc2-c2ccccc21)C(=O)N[C@@H](CO)C(=O)O. The van der Waals surface area contributed by atoms with Crippen molar-refractivity contribution < 1.29 is 38.9 Å². The summed E-state index contributed by atoms with van der Waals surface area (Å²) in [5, 5.41) is 22.7. The molecule has 0 saturated heterocycles. The summed E-state index contributed by atoms with van der Waals surface area (Å²) in [6.07, 6.45) is -1.53. The van der Waals surface area contributed by atoms with Crippen LogP contribution in [0.2, 0.25) is 0 Å². The van der Waals surface area contributed by atoms with Crippen LogP contribution in [0.15, 0.2) is 48.5 Å². The van der Waals surface area contributed by atoms with E-state index in [-0.39, 0.29) is 12.5 Å². The highest BCUT2D eigenvalue weighted by Crippen LogP contribution is 2.44. The van der Waals surface area contributed by atoms with Gasteiger partial charge in [-0.3, -0.25) is 9.59 Å². The molecular weight excluding hydrogens is 468 g/mol. The van der Waals surface area contributed by atoms with E-state index in [2.05, 4.69) is 10.6 Å². The zero-order chi connectivity index (χ0) is 26.5. The van der Waals surface area contributed by atoms with Crippen LogP contribution in [-0.4, -0.2) is 65.1 Å². The molecule has 10 heteroatoms. The molecule has 2 aromatic carbocycles. The van der Waals surface area contributed by atoms with Crippen LogP contribution in [0.5, 0.6) is 0 Å². The number of aliphatic hydroxyl groups is 1. The van der Waals surface area contributed by atoms with Crippen molar-refractivity contribution in [2.45, 2.75) is 50.8 Å². The highest BCUT2D eigenvalue weighted by molar-refractivity contribution is 5.92. The molecule has 0 radical (unpaired) electrons. The molecule has 0 bridgehead atoms. The molecule has 36 heavy (non-hydrogen) atoms. The summed E-state index contributed by atoms with van der Waals surface area (Å²) in [4.78, 5) is 48.9. The maximum atomic E-state index is 12.7. The lowest BCUT2D eigenvalue weighted by Gasteiger charge is -2.23. The highest BCUT2D eigenvalue weighted by atomic mass is 16.6. The second-order valence-electron chi connectivity index (χ2n) is 9.40. The number of aliphatic carboxylic acids is 1. The molecule has 192 valence electrons. The average Bonchev–Trinajstić information content (AvgIpc) is 3.13. The molecule has 2 aromatic rings. The van der Waals surface area contributed by atoms with E-state index in [4.69, 9.17) is 14.6 Å². The van der Waals surface area contributed by atoms with E-state index in [0.29, 0.717) is 0 Å². The van der Waals surface area contributed by atoms with Gasteiger partial charge in [-0.1, -0.05) is 48.5 Å². The number of hydrogen-bond acceptors (Lipinski definition) is 7. The molecule has 0 aromatic heterocycles. The minimum atomic E-state index is -1.61. The fourth-order valence-electron chi connectivity index (χ4n) is 4.00. The number of carbonyl (C=O) groups is 4. The number of alkyl carbamates (subject to hydrolysis) is 1. The van der Waals surface area contributed by atoms with Crippen molar-refractivity contribution in [1.29, 1.82) is 0 Å². The number of amides is 2. The van der Waals surface area contributed by atoms with E-state index < -0.39 is 54.7 Å². The number of carbonyl (C=O) groups excluding carboxylic acids is 3. The molecule has 1 aliphatic rings. The summed E-state index contributed by atoms with van der Waals surface area (Å²) >= 11 is 0. The van der Waals surface area contributed by atoms with Gasteiger partial charge in [-0.15, -0.1) is 0 Å². The number of benzene rings is 2. The third kappa shape index (κ3) is 6.60. The number of fused-ring (bicyclic) bond motifs is 3. The number of rotatable bonds is 9. The van der Waals surface area contributed by atoms with Crippen LogP contribution in [0.4, 0.5) is 4.79 Å². The van der Waals surface area contributed by atoms with Gasteiger partial charge in [0.25, 0.3) is 0 Å². The second-order valence-corrected chi connectivity index (χ2v) is 9.40. The Bertz CT molecular complexity index is 1100. The minimum absolute atomic E-state index is 0.0188. The van der Waals surface area contributed by atoms with Crippen molar-refractivity contribution in [3.63, 3.8) is 0 Å². The number of nitrogens with one attached hydrogen (secondary N) is 2. The molecule has 10 nitrogen and oxygen atoms in total. The quantitative estimate of drug-likeness (QED) is 0.384. The zero-order valence-electron chi connectivity index (χ0n) is 20.3.